The molecule has 0 aliphatic carbocycles. The molecular weight excluding hydrogens is 224 g/mol. The molecule has 0 N–H and O–H groups in total. The molecule has 0 radical (unpaired) electrons. The topological polar surface area (TPSA) is 17.1 Å². The maximum atomic E-state index is 13.0. The van der Waals surface area contributed by atoms with Gasteiger partial charge in [-0.2, -0.15) is 13.2 Å². The van der Waals surface area contributed by atoms with Crippen molar-refractivity contribution in [3.05, 3.63) is 41.2 Å². The van der Waals surface area contributed by atoms with Crippen LogP contribution in [0.3, 0.4) is 0 Å². The van der Waals surface area contributed by atoms with Crippen LogP contribution in [0.25, 0.3) is 6.08 Å². The van der Waals surface area contributed by atoms with Gasteiger partial charge in [-0.05, 0) is 11.6 Å². The highest BCUT2D eigenvalue weighted by molar-refractivity contribution is 5.60. The van der Waals surface area contributed by atoms with E-state index in [9.17, 15) is 22.4 Å². The van der Waals surface area contributed by atoms with Gasteiger partial charge < -0.3 is 4.79 Å². The highest BCUT2D eigenvalue weighted by Crippen LogP contribution is 2.34. The number of aldehydes is 1. The number of carbonyl (C=O) groups is 1. The number of hydrogen-bond donors (Lipinski definition) is 0. The highest BCUT2D eigenvalue weighted by Gasteiger charge is 2.35. The van der Waals surface area contributed by atoms with E-state index in [1.807, 2.05) is 0 Å². The van der Waals surface area contributed by atoms with Gasteiger partial charge in [0.05, 0.1) is 5.56 Å². The van der Waals surface area contributed by atoms with Gasteiger partial charge in [-0.1, -0.05) is 24.3 Å². The number of alkyl halides is 3. The molecule has 0 heterocycles. The molecule has 5 heteroatoms. The van der Waals surface area contributed by atoms with Crippen LogP contribution in [-0.2, 0) is 11.0 Å². The van der Waals surface area contributed by atoms with Gasteiger partial charge in [0.25, 0.3) is 0 Å². The predicted octanol–water partition coefficient (Wildman–Crippen LogP) is 3.45. The van der Waals surface area contributed by atoms with Gasteiger partial charge in [0, 0.05) is 6.42 Å². The Kier molecular flexibility index (Phi) is 3.82. The zero-order valence-corrected chi connectivity index (χ0v) is 8.09. The Morgan fingerprint density at radius 3 is 2.50 bits per heavy atom. The maximum Gasteiger partial charge on any atom is 0.419 e. The Labute approximate surface area is 89.4 Å². The summed E-state index contributed by atoms with van der Waals surface area (Å²) in [6.45, 7) is 0. The van der Waals surface area contributed by atoms with Crippen molar-refractivity contribution in [1.82, 2.24) is 0 Å². The van der Waals surface area contributed by atoms with Gasteiger partial charge in [-0.3, -0.25) is 0 Å². The van der Waals surface area contributed by atoms with E-state index in [-0.39, 0.29) is 12.0 Å². The van der Waals surface area contributed by atoms with E-state index in [2.05, 4.69) is 0 Å². The highest BCUT2D eigenvalue weighted by atomic mass is 19.4. The minimum absolute atomic E-state index is 0.00614. The SMILES string of the molecule is O=CCC=Cc1cccc(F)c1C(F)(F)F. The van der Waals surface area contributed by atoms with Crippen molar-refractivity contribution in [3.8, 4) is 0 Å². The van der Waals surface area contributed by atoms with Crippen molar-refractivity contribution in [3.63, 3.8) is 0 Å². The molecule has 0 saturated heterocycles. The Bertz CT molecular complexity index is 407. The van der Waals surface area contributed by atoms with Crippen molar-refractivity contribution in [2.45, 2.75) is 12.6 Å². The van der Waals surface area contributed by atoms with Crippen molar-refractivity contribution >= 4 is 12.4 Å². The lowest BCUT2D eigenvalue weighted by atomic mass is 10.1. The summed E-state index contributed by atoms with van der Waals surface area (Å²) in [5.41, 5.74) is -1.59. The van der Waals surface area contributed by atoms with Crippen molar-refractivity contribution in [2.24, 2.45) is 0 Å². The van der Waals surface area contributed by atoms with Gasteiger partial charge >= 0.3 is 6.18 Å². The van der Waals surface area contributed by atoms with Crippen LogP contribution in [0.15, 0.2) is 24.3 Å². The average Bonchev–Trinajstić information content (AvgIpc) is 2.16. The summed E-state index contributed by atoms with van der Waals surface area (Å²) >= 11 is 0. The van der Waals surface area contributed by atoms with Crippen LogP contribution in [0.4, 0.5) is 17.6 Å². The van der Waals surface area contributed by atoms with Crippen LogP contribution in [-0.4, -0.2) is 6.29 Å². The molecule has 0 aliphatic rings. The first kappa shape index (κ1) is 12.4. The second kappa shape index (κ2) is 4.92. The molecule has 0 spiro atoms. The lowest BCUT2D eigenvalue weighted by Gasteiger charge is -2.10. The lowest BCUT2D eigenvalue weighted by molar-refractivity contribution is -0.140. The van der Waals surface area contributed by atoms with Crippen LogP contribution < -0.4 is 0 Å². The molecule has 1 aromatic carbocycles. The number of rotatable bonds is 3. The zero-order valence-electron chi connectivity index (χ0n) is 8.09. The largest absolute Gasteiger partial charge is 0.419 e. The number of carbonyl (C=O) groups excluding carboxylic acids is 1. The molecule has 0 unspecified atom stereocenters. The third kappa shape index (κ3) is 2.92. The summed E-state index contributed by atoms with van der Waals surface area (Å²) < 4.78 is 50.5. The fourth-order valence-electron chi connectivity index (χ4n) is 1.23. The van der Waals surface area contributed by atoms with Crippen LogP contribution in [0.1, 0.15) is 17.5 Å². The quantitative estimate of drug-likeness (QED) is 0.576. The molecule has 1 rings (SSSR count). The van der Waals surface area contributed by atoms with Gasteiger partial charge in [0.15, 0.2) is 0 Å². The van der Waals surface area contributed by atoms with E-state index in [4.69, 9.17) is 0 Å². The van der Waals surface area contributed by atoms with Crippen LogP contribution in [0.2, 0.25) is 0 Å². The summed E-state index contributed by atoms with van der Waals surface area (Å²) in [4.78, 5) is 10.00. The van der Waals surface area contributed by atoms with E-state index in [1.165, 1.54) is 12.1 Å². The maximum absolute atomic E-state index is 13.0. The summed E-state index contributed by atoms with van der Waals surface area (Å²) in [6, 6.07) is 3.08. The standard InChI is InChI=1S/C11H8F4O/c12-9-6-3-5-8(4-1-2-7-16)10(9)11(13,14)15/h1,3-7H,2H2. The number of allylic oxidation sites excluding steroid dienone is 1. The molecule has 86 valence electrons. The van der Waals surface area contributed by atoms with Crippen molar-refractivity contribution in [2.75, 3.05) is 0 Å². The average molecular weight is 232 g/mol. The van der Waals surface area contributed by atoms with Crippen LogP contribution in [0, 0.1) is 5.82 Å². The van der Waals surface area contributed by atoms with E-state index >= 15 is 0 Å². The molecule has 0 bridgehead atoms. The predicted molar refractivity (Wildman–Crippen MR) is 51.1 cm³/mol. The minimum atomic E-state index is -4.74. The molecule has 0 fully saturated rings. The first-order valence-corrected chi connectivity index (χ1v) is 4.42. The third-order valence-electron chi connectivity index (χ3n) is 1.86. The second-order valence-electron chi connectivity index (χ2n) is 3.01. The molecule has 0 aliphatic heterocycles. The van der Waals surface area contributed by atoms with Crippen LogP contribution >= 0.6 is 0 Å². The number of benzene rings is 1. The van der Waals surface area contributed by atoms with Gasteiger partial charge in [-0.25, -0.2) is 4.39 Å². The summed E-state index contributed by atoms with van der Waals surface area (Å²) in [7, 11) is 0. The molecule has 0 atom stereocenters. The number of halogens is 4. The van der Waals surface area contributed by atoms with Crippen molar-refractivity contribution in [1.29, 1.82) is 0 Å². The van der Waals surface area contributed by atoms with E-state index < -0.39 is 17.6 Å². The summed E-state index contributed by atoms with van der Waals surface area (Å²) in [5, 5.41) is 0. The molecule has 1 nitrogen and oxygen atoms in total. The lowest BCUT2D eigenvalue weighted by Crippen LogP contribution is -2.10. The number of hydrogen-bond acceptors (Lipinski definition) is 1. The summed E-state index contributed by atoms with van der Waals surface area (Å²) in [5.74, 6) is -1.32. The minimum Gasteiger partial charge on any atom is -0.303 e. The van der Waals surface area contributed by atoms with Gasteiger partial charge in [0.2, 0.25) is 0 Å². The molecule has 1 aromatic rings. The summed E-state index contributed by atoms with van der Waals surface area (Å²) in [6.07, 6.45) is -1.87. The second-order valence-corrected chi connectivity index (χ2v) is 3.01. The van der Waals surface area contributed by atoms with Gasteiger partial charge in [-0.15, -0.1) is 0 Å². The smallest absolute Gasteiger partial charge is 0.303 e. The molecule has 0 saturated carbocycles. The van der Waals surface area contributed by atoms with E-state index in [1.54, 1.807) is 0 Å². The van der Waals surface area contributed by atoms with E-state index in [0.717, 1.165) is 18.2 Å². The zero-order chi connectivity index (χ0) is 12.2. The fraction of sp³-hybridized carbons (Fsp3) is 0.182. The Morgan fingerprint density at radius 2 is 1.94 bits per heavy atom. The fourth-order valence-corrected chi connectivity index (χ4v) is 1.23. The molecular formula is C11H8F4O. The molecule has 0 aromatic heterocycles. The Hall–Kier alpha value is -1.65. The Morgan fingerprint density at radius 1 is 1.25 bits per heavy atom. The first-order valence-electron chi connectivity index (χ1n) is 4.42. The van der Waals surface area contributed by atoms with Crippen LogP contribution in [0.5, 0.6) is 0 Å². The Balaban J connectivity index is 3.18. The van der Waals surface area contributed by atoms with Gasteiger partial charge in [0.1, 0.15) is 12.1 Å². The third-order valence-corrected chi connectivity index (χ3v) is 1.86. The first-order chi connectivity index (χ1) is 7.46. The molecule has 16 heavy (non-hydrogen) atoms. The molecule has 0 amide bonds. The van der Waals surface area contributed by atoms with E-state index in [0.29, 0.717) is 6.29 Å². The monoisotopic (exact) mass is 232 g/mol. The van der Waals surface area contributed by atoms with Crippen molar-refractivity contribution < 1.29 is 22.4 Å². The normalized spacial score (nSPS) is 12.0.